The van der Waals surface area contributed by atoms with Crippen LogP contribution in [0, 0.1) is 0 Å². The van der Waals surface area contributed by atoms with Crippen LogP contribution in [0.4, 0.5) is 0 Å². The number of methoxy groups -OCH3 is 2. The van der Waals surface area contributed by atoms with E-state index >= 15 is 0 Å². The molecule has 0 aliphatic heterocycles. The maximum Gasteiger partial charge on any atom is 0.165 e. The zero-order chi connectivity index (χ0) is 12.0. The lowest BCUT2D eigenvalue weighted by atomic mass is 10.2. The molecule has 1 aromatic rings. The first-order valence-electron chi connectivity index (χ1n) is 5.27. The highest BCUT2D eigenvalue weighted by Crippen LogP contribution is 2.30. The molecule has 2 N–H and O–H groups in total. The predicted molar refractivity (Wildman–Crippen MR) is 62.9 cm³/mol. The van der Waals surface area contributed by atoms with Gasteiger partial charge in [0, 0.05) is 18.7 Å². The molecule has 1 rings (SSSR count). The fourth-order valence-corrected chi connectivity index (χ4v) is 1.51. The third-order valence-electron chi connectivity index (χ3n) is 2.24. The van der Waals surface area contributed by atoms with E-state index in [-0.39, 0.29) is 6.10 Å². The van der Waals surface area contributed by atoms with Crippen molar-refractivity contribution >= 4 is 0 Å². The van der Waals surface area contributed by atoms with Crippen molar-refractivity contribution in [3.8, 4) is 11.5 Å². The second-order valence-corrected chi connectivity index (χ2v) is 3.63. The predicted octanol–water partition coefficient (Wildman–Crippen LogP) is 1.17. The first kappa shape index (κ1) is 12.8. The minimum atomic E-state index is -0.350. The lowest BCUT2D eigenvalue weighted by Gasteiger charge is -2.13. The van der Waals surface area contributed by atoms with Gasteiger partial charge in [-0.25, -0.2) is 0 Å². The molecule has 4 nitrogen and oxygen atoms in total. The molecule has 0 bridgehead atoms. The van der Waals surface area contributed by atoms with Crippen LogP contribution in [-0.4, -0.2) is 32.0 Å². The first-order valence-corrected chi connectivity index (χ1v) is 5.27. The van der Waals surface area contributed by atoms with Gasteiger partial charge in [-0.15, -0.1) is 0 Å². The number of aliphatic hydroxyl groups is 1. The Morgan fingerprint density at radius 1 is 1.31 bits per heavy atom. The minimum absolute atomic E-state index is 0.350. The summed E-state index contributed by atoms with van der Waals surface area (Å²) in [6, 6.07) is 5.74. The molecule has 0 amide bonds. The number of aliphatic hydroxyl groups excluding tert-OH is 1. The highest BCUT2D eigenvalue weighted by atomic mass is 16.5. The van der Waals surface area contributed by atoms with Crippen molar-refractivity contribution in [2.75, 3.05) is 20.8 Å². The van der Waals surface area contributed by atoms with Crippen LogP contribution in [0.5, 0.6) is 11.5 Å². The monoisotopic (exact) mass is 225 g/mol. The molecule has 1 atom stereocenters. The third-order valence-corrected chi connectivity index (χ3v) is 2.24. The van der Waals surface area contributed by atoms with Crippen LogP contribution in [0.2, 0.25) is 0 Å². The van der Waals surface area contributed by atoms with E-state index in [2.05, 4.69) is 5.32 Å². The second kappa shape index (κ2) is 6.35. The first-order chi connectivity index (χ1) is 7.69. The Balaban J connectivity index is 2.71. The highest BCUT2D eigenvalue weighted by Gasteiger charge is 2.08. The summed E-state index contributed by atoms with van der Waals surface area (Å²) >= 11 is 0. The van der Waals surface area contributed by atoms with Crippen molar-refractivity contribution in [2.45, 2.75) is 19.6 Å². The topological polar surface area (TPSA) is 50.7 Å². The van der Waals surface area contributed by atoms with Gasteiger partial charge in [0.1, 0.15) is 0 Å². The number of ether oxygens (including phenoxy) is 2. The van der Waals surface area contributed by atoms with Crippen LogP contribution in [0.3, 0.4) is 0 Å². The fourth-order valence-electron chi connectivity index (χ4n) is 1.51. The Morgan fingerprint density at radius 2 is 2.06 bits per heavy atom. The summed E-state index contributed by atoms with van der Waals surface area (Å²) < 4.78 is 10.5. The van der Waals surface area contributed by atoms with E-state index in [0.29, 0.717) is 13.1 Å². The zero-order valence-electron chi connectivity index (χ0n) is 9.99. The standard InChI is InChI=1S/C12H19NO3/c1-9(14)7-13-8-10-5-4-6-11(15-2)12(10)16-3/h4-6,9,13-14H,7-8H2,1-3H3/t9-/m1/s1. The van der Waals surface area contributed by atoms with Crippen molar-refractivity contribution < 1.29 is 14.6 Å². The molecule has 90 valence electrons. The van der Waals surface area contributed by atoms with Crippen molar-refractivity contribution in [3.63, 3.8) is 0 Å². The molecule has 0 aliphatic carbocycles. The van der Waals surface area contributed by atoms with Crippen molar-refractivity contribution in [3.05, 3.63) is 23.8 Å². The van der Waals surface area contributed by atoms with E-state index < -0.39 is 0 Å². The Morgan fingerprint density at radius 3 is 2.62 bits per heavy atom. The lowest BCUT2D eigenvalue weighted by molar-refractivity contribution is 0.191. The van der Waals surface area contributed by atoms with Crippen LogP contribution >= 0.6 is 0 Å². The molecule has 0 spiro atoms. The zero-order valence-corrected chi connectivity index (χ0v) is 9.99. The molecule has 0 heterocycles. The molecule has 0 radical (unpaired) electrons. The second-order valence-electron chi connectivity index (χ2n) is 3.63. The quantitative estimate of drug-likeness (QED) is 0.763. The lowest BCUT2D eigenvalue weighted by Crippen LogP contribution is -2.24. The van der Waals surface area contributed by atoms with Crippen molar-refractivity contribution in [1.29, 1.82) is 0 Å². The van der Waals surface area contributed by atoms with Gasteiger partial charge < -0.3 is 19.9 Å². The Hall–Kier alpha value is -1.26. The van der Waals surface area contributed by atoms with Gasteiger partial charge in [0.05, 0.1) is 20.3 Å². The van der Waals surface area contributed by atoms with Crippen LogP contribution in [0.25, 0.3) is 0 Å². The molecule has 4 heteroatoms. The molecule has 0 aliphatic rings. The average molecular weight is 225 g/mol. The molecule has 0 saturated carbocycles. The number of nitrogens with one attached hydrogen (secondary N) is 1. The van der Waals surface area contributed by atoms with Crippen LogP contribution in [-0.2, 0) is 6.54 Å². The van der Waals surface area contributed by atoms with E-state index in [1.54, 1.807) is 21.1 Å². The summed E-state index contributed by atoms with van der Waals surface area (Å²) in [4.78, 5) is 0. The molecule has 16 heavy (non-hydrogen) atoms. The molecule has 0 fully saturated rings. The van der Waals surface area contributed by atoms with Gasteiger partial charge in [0.25, 0.3) is 0 Å². The summed E-state index contributed by atoms with van der Waals surface area (Å²) in [7, 11) is 3.24. The van der Waals surface area contributed by atoms with Crippen LogP contribution in [0.15, 0.2) is 18.2 Å². The maximum absolute atomic E-state index is 9.14. The van der Waals surface area contributed by atoms with Gasteiger partial charge in [0.2, 0.25) is 0 Å². The molecule has 0 saturated heterocycles. The van der Waals surface area contributed by atoms with Gasteiger partial charge >= 0.3 is 0 Å². The number of hydrogen-bond donors (Lipinski definition) is 2. The highest BCUT2D eigenvalue weighted by molar-refractivity contribution is 5.46. The summed E-state index contributed by atoms with van der Waals surface area (Å²) in [6.45, 7) is 2.95. The largest absolute Gasteiger partial charge is 0.493 e. The molecule has 1 aromatic carbocycles. The number of para-hydroxylation sites is 1. The number of hydrogen-bond acceptors (Lipinski definition) is 4. The summed E-state index contributed by atoms with van der Waals surface area (Å²) in [5.41, 5.74) is 1.02. The van der Waals surface area contributed by atoms with Gasteiger partial charge in [-0.2, -0.15) is 0 Å². The third kappa shape index (κ3) is 3.40. The van der Waals surface area contributed by atoms with E-state index in [1.165, 1.54) is 0 Å². The fraction of sp³-hybridized carbons (Fsp3) is 0.500. The maximum atomic E-state index is 9.14. The van der Waals surface area contributed by atoms with Crippen molar-refractivity contribution in [1.82, 2.24) is 5.32 Å². The van der Waals surface area contributed by atoms with Gasteiger partial charge in [-0.3, -0.25) is 0 Å². The molecule has 0 unspecified atom stereocenters. The minimum Gasteiger partial charge on any atom is -0.493 e. The van der Waals surface area contributed by atoms with Gasteiger partial charge in [0.15, 0.2) is 11.5 Å². The summed E-state index contributed by atoms with van der Waals surface area (Å²) in [5, 5.41) is 12.3. The van der Waals surface area contributed by atoms with E-state index in [0.717, 1.165) is 17.1 Å². The average Bonchev–Trinajstić information content (AvgIpc) is 2.28. The summed E-state index contributed by atoms with van der Waals surface area (Å²) in [6.07, 6.45) is -0.350. The SMILES string of the molecule is COc1cccc(CNC[C@@H](C)O)c1OC. The van der Waals surface area contributed by atoms with Crippen LogP contribution < -0.4 is 14.8 Å². The molecular formula is C12H19NO3. The number of benzene rings is 1. The van der Waals surface area contributed by atoms with E-state index in [9.17, 15) is 0 Å². The Labute approximate surface area is 96.2 Å². The molecule has 0 aromatic heterocycles. The van der Waals surface area contributed by atoms with Gasteiger partial charge in [-0.1, -0.05) is 12.1 Å². The van der Waals surface area contributed by atoms with Crippen LogP contribution in [0.1, 0.15) is 12.5 Å². The smallest absolute Gasteiger partial charge is 0.165 e. The van der Waals surface area contributed by atoms with E-state index in [1.807, 2.05) is 18.2 Å². The Kier molecular flexibility index (Phi) is 5.08. The van der Waals surface area contributed by atoms with E-state index in [4.69, 9.17) is 14.6 Å². The molecular weight excluding hydrogens is 206 g/mol. The number of rotatable bonds is 6. The summed E-state index contributed by atoms with van der Waals surface area (Å²) in [5.74, 6) is 1.46. The Bertz CT molecular complexity index is 326. The van der Waals surface area contributed by atoms with Gasteiger partial charge in [-0.05, 0) is 13.0 Å². The normalized spacial score (nSPS) is 12.2. The van der Waals surface area contributed by atoms with Crippen molar-refractivity contribution in [2.24, 2.45) is 0 Å².